The Bertz CT molecular complexity index is 1220. The first-order chi connectivity index (χ1) is 15.5. The molecule has 1 saturated heterocycles. The van der Waals surface area contributed by atoms with Crippen LogP contribution in [0.3, 0.4) is 0 Å². The summed E-state index contributed by atoms with van der Waals surface area (Å²) in [4.78, 5) is 34.9. The summed E-state index contributed by atoms with van der Waals surface area (Å²) < 4.78 is 17.7. The molecule has 0 aliphatic carbocycles. The van der Waals surface area contributed by atoms with Gasteiger partial charge in [0.15, 0.2) is 0 Å². The summed E-state index contributed by atoms with van der Waals surface area (Å²) in [7, 11) is 0. The molecule has 0 atom stereocenters. The summed E-state index contributed by atoms with van der Waals surface area (Å²) in [6.07, 6.45) is 3.95. The van der Waals surface area contributed by atoms with Gasteiger partial charge in [0.05, 0.1) is 11.2 Å². The van der Waals surface area contributed by atoms with E-state index >= 15 is 0 Å². The summed E-state index contributed by atoms with van der Waals surface area (Å²) in [6, 6.07) is 8.64. The molecule has 0 unspecified atom stereocenters. The molecule has 2 aliphatic rings. The number of carbonyl (C=O) groups excluding carboxylic acids is 1. The molecule has 0 saturated carbocycles. The van der Waals surface area contributed by atoms with Crippen LogP contribution in [0.25, 0.3) is 11.0 Å². The molecule has 0 bridgehead atoms. The van der Waals surface area contributed by atoms with Gasteiger partial charge in [0.2, 0.25) is 5.91 Å². The summed E-state index contributed by atoms with van der Waals surface area (Å²) >= 11 is 0. The zero-order valence-corrected chi connectivity index (χ0v) is 18.4. The van der Waals surface area contributed by atoms with Crippen LogP contribution in [-0.2, 0) is 24.3 Å². The lowest BCUT2D eigenvalue weighted by Crippen LogP contribution is -2.50. The molecule has 168 valence electrons. The Kier molecular flexibility index (Phi) is 5.45. The third-order valence-corrected chi connectivity index (χ3v) is 6.69. The maximum absolute atomic E-state index is 14.1. The van der Waals surface area contributed by atoms with E-state index < -0.39 is 0 Å². The molecular weight excluding hydrogens is 409 g/mol. The first kappa shape index (κ1) is 20.7. The second-order valence-corrected chi connectivity index (χ2v) is 8.72. The minimum absolute atomic E-state index is 0.0295. The largest absolute Gasteiger partial charge is 0.366 e. The number of carbonyl (C=O) groups is 1. The minimum Gasteiger partial charge on any atom is -0.366 e. The van der Waals surface area contributed by atoms with E-state index in [0.29, 0.717) is 49.4 Å². The van der Waals surface area contributed by atoms with Crippen molar-refractivity contribution in [2.45, 2.75) is 45.7 Å². The van der Waals surface area contributed by atoms with Gasteiger partial charge in [0, 0.05) is 44.8 Å². The van der Waals surface area contributed by atoms with E-state index in [2.05, 4.69) is 0 Å². The highest BCUT2D eigenvalue weighted by molar-refractivity contribution is 5.81. The average molecular weight is 438 g/mol. The van der Waals surface area contributed by atoms with Crippen molar-refractivity contribution in [2.75, 3.05) is 31.1 Å². The van der Waals surface area contributed by atoms with Crippen LogP contribution in [0.1, 0.15) is 30.8 Å². The number of para-hydroxylation sites is 1. The van der Waals surface area contributed by atoms with Gasteiger partial charge in [-0.15, -0.1) is 0 Å². The van der Waals surface area contributed by atoms with Gasteiger partial charge in [0.1, 0.15) is 23.7 Å². The van der Waals surface area contributed by atoms with Gasteiger partial charge in [-0.05, 0) is 38.0 Å². The molecule has 5 rings (SSSR count). The van der Waals surface area contributed by atoms with Gasteiger partial charge >= 0.3 is 0 Å². The SMILES string of the molecule is Cc1cc2nc3n(c(=O)c2n1CC(=O)N1CCN(c2ccccc2F)CC1)CCCCC3. The van der Waals surface area contributed by atoms with Crippen LogP contribution >= 0.6 is 0 Å². The molecule has 1 fully saturated rings. The number of hydrogen-bond acceptors (Lipinski definition) is 4. The lowest BCUT2D eigenvalue weighted by molar-refractivity contribution is -0.132. The summed E-state index contributed by atoms with van der Waals surface area (Å²) in [5.41, 5.74) is 2.59. The van der Waals surface area contributed by atoms with Gasteiger partial charge in [-0.3, -0.25) is 14.2 Å². The molecular formula is C24H28FN5O2. The maximum Gasteiger partial charge on any atom is 0.278 e. The smallest absolute Gasteiger partial charge is 0.278 e. The van der Waals surface area contributed by atoms with Crippen molar-refractivity contribution in [2.24, 2.45) is 0 Å². The fourth-order valence-electron chi connectivity index (χ4n) is 4.91. The van der Waals surface area contributed by atoms with Crippen LogP contribution in [0.15, 0.2) is 35.1 Å². The molecule has 8 heteroatoms. The van der Waals surface area contributed by atoms with E-state index in [1.807, 2.05) is 28.5 Å². The summed E-state index contributed by atoms with van der Waals surface area (Å²) in [5, 5.41) is 0. The highest BCUT2D eigenvalue weighted by Gasteiger charge is 2.25. The van der Waals surface area contributed by atoms with Crippen molar-refractivity contribution in [3.8, 4) is 0 Å². The number of aromatic nitrogens is 3. The predicted octanol–water partition coefficient (Wildman–Crippen LogP) is 2.72. The Morgan fingerprint density at radius 1 is 1.06 bits per heavy atom. The third-order valence-electron chi connectivity index (χ3n) is 6.69. The molecule has 0 spiro atoms. The standard InChI is InChI=1S/C24H28FN5O2/c1-17-15-19-23(24(32)29-10-6-2-3-9-21(29)26-19)30(17)16-22(31)28-13-11-27(12-14-28)20-8-5-4-7-18(20)25/h4-5,7-8,15H,2-3,6,9-14,16H2,1H3. The molecule has 1 aromatic carbocycles. The lowest BCUT2D eigenvalue weighted by atomic mass is 10.2. The zero-order chi connectivity index (χ0) is 22.2. The van der Waals surface area contributed by atoms with Crippen molar-refractivity contribution >= 4 is 22.6 Å². The first-order valence-electron chi connectivity index (χ1n) is 11.4. The van der Waals surface area contributed by atoms with Crippen molar-refractivity contribution in [1.82, 2.24) is 19.0 Å². The monoisotopic (exact) mass is 437 g/mol. The van der Waals surface area contributed by atoms with Crippen molar-refractivity contribution in [3.05, 3.63) is 58.0 Å². The number of anilines is 1. The molecule has 0 N–H and O–H groups in total. The molecule has 4 heterocycles. The number of aryl methyl sites for hydroxylation is 2. The van der Waals surface area contributed by atoms with E-state index in [1.165, 1.54) is 6.07 Å². The lowest BCUT2D eigenvalue weighted by Gasteiger charge is -2.36. The molecule has 2 aliphatic heterocycles. The van der Waals surface area contributed by atoms with Crippen LogP contribution in [-0.4, -0.2) is 51.1 Å². The number of piperazine rings is 1. The molecule has 32 heavy (non-hydrogen) atoms. The van der Waals surface area contributed by atoms with Gasteiger partial charge in [-0.25, -0.2) is 9.37 Å². The van der Waals surface area contributed by atoms with E-state index in [1.54, 1.807) is 21.6 Å². The quantitative estimate of drug-likeness (QED) is 0.632. The van der Waals surface area contributed by atoms with Crippen LogP contribution < -0.4 is 10.5 Å². The van der Waals surface area contributed by atoms with Gasteiger partial charge in [-0.2, -0.15) is 0 Å². The normalized spacial score (nSPS) is 16.8. The Hall–Kier alpha value is -3.16. The van der Waals surface area contributed by atoms with Crippen molar-refractivity contribution in [1.29, 1.82) is 0 Å². The van der Waals surface area contributed by atoms with Gasteiger partial charge < -0.3 is 14.4 Å². The highest BCUT2D eigenvalue weighted by atomic mass is 19.1. The highest BCUT2D eigenvalue weighted by Crippen LogP contribution is 2.21. The Morgan fingerprint density at radius 3 is 2.62 bits per heavy atom. The Labute approximate surface area is 186 Å². The Morgan fingerprint density at radius 2 is 1.84 bits per heavy atom. The number of fused-ring (bicyclic) bond motifs is 2. The van der Waals surface area contributed by atoms with E-state index in [4.69, 9.17) is 4.98 Å². The minimum atomic E-state index is -0.242. The summed E-state index contributed by atoms with van der Waals surface area (Å²) in [6.45, 7) is 4.93. The average Bonchev–Trinajstić information content (AvgIpc) is 2.95. The van der Waals surface area contributed by atoms with Crippen molar-refractivity contribution in [3.63, 3.8) is 0 Å². The number of hydrogen-bond donors (Lipinski definition) is 0. The molecule has 0 radical (unpaired) electrons. The molecule has 7 nitrogen and oxygen atoms in total. The topological polar surface area (TPSA) is 63.4 Å². The first-order valence-corrected chi connectivity index (χ1v) is 11.4. The zero-order valence-electron chi connectivity index (χ0n) is 18.4. The number of nitrogens with zero attached hydrogens (tertiary/aromatic N) is 5. The van der Waals surface area contributed by atoms with E-state index in [-0.39, 0.29) is 23.8 Å². The van der Waals surface area contributed by atoms with Gasteiger partial charge in [-0.1, -0.05) is 18.6 Å². The fourth-order valence-corrected chi connectivity index (χ4v) is 4.91. The number of rotatable bonds is 3. The second kappa shape index (κ2) is 8.41. The summed E-state index contributed by atoms with van der Waals surface area (Å²) in [5.74, 6) is 0.583. The van der Waals surface area contributed by atoms with Crippen LogP contribution in [0.5, 0.6) is 0 Å². The third kappa shape index (κ3) is 3.67. The number of halogens is 1. The maximum atomic E-state index is 14.1. The van der Waals surface area contributed by atoms with E-state index in [9.17, 15) is 14.0 Å². The van der Waals surface area contributed by atoms with E-state index in [0.717, 1.165) is 37.2 Å². The molecule has 2 aromatic heterocycles. The second-order valence-electron chi connectivity index (χ2n) is 8.72. The molecule has 3 aromatic rings. The van der Waals surface area contributed by atoms with Crippen LogP contribution in [0, 0.1) is 12.7 Å². The van der Waals surface area contributed by atoms with Crippen LogP contribution in [0.2, 0.25) is 0 Å². The number of amides is 1. The van der Waals surface area contributed by atoms with Crippen molar-refractivity contribution < 1.29 is 9.18 Å². The Balaban J connectivity index is 1.35. The predicted molar refractivity (Wildman–Crippen MR) is 121 cm³/mol. The van der Waals surface area contributed by atoms with Crippen LogP contribution in [0.4, 0.5) is 10.1 Å². The molecule has 1 amide bonds. The fraction of sp³-hybridized carbons (Fsp3) is 0.458. The number of benzene rings is 1. The van der Waals surface area contributed by atoms with Gasteiger partial charge in [0.25, 0.3) is 5.56 Å².